The molecule has 0 aliphatic heterocycles. The summed E-state index contributed by atoms with van der Waals surface area (Å²) in [5.74, 6) is -0.267. The third-order valence-electron chi connectivity index (χ3n) is 2.11. The predicted octanol–water partition coefficient (Wildman–Crippen LogP) is 2.70. The second-order valence-electron chi connectivity index (χ2n) is 3.76. The van der Waals surface area contributed by atoms with E-state index in [9.17, 15) is 9.50 Å². The van der Waals surface area contributed by atoms with Crippen LogP contribution in [0.3, 0.4) is 0 Å². The number of benzene rings is 1. The van der Waals surface area contributed by atoms with Gasteiger partial charge in [0.05, 0.1) is 5.60 Å². The van der Waals surface area contributed by atoms with E-state index in [2.05, 4.69) is 6.58 Å². The molecule has 0 heterocycles. The molecule has 0 aromatic heterocycles. The summed E-state index contributed by atoms with van der Waals surface area (Å²) in [6, 6.07) is 6.50. The highest BCUT2D eigenvalue weighted by molar-refractivity contribution is 5.19. The first-order valence-corrected chi connectivity index (χ1v) is 4.62. The van der Waals surface area contributed by atoms with Gasteiger partial charge in [0.2, 0.25) is 0 Å². The van der Waals surface area contributed by atoms with Crippen LogP contribution in [0.5, 0.6) is 0 Å². The lowest BCUT2D eigenvalue weighted by Gasteiger charge is -2.21. The summed E-state index contributed by atoms with van der Waals surface area (Å²) in [5, 5.41) is 9.85. The molecule has 0 radical (unpaired) electrons. The van der Waals surface area contributed by atoms with Gasteiger partial charge in [-0.15, -0.1) is 6.58 Å². The van der Waals surface area contributed by atoms with Gasteiger partial charge in [0.1, 0.15) is 5.82 Å². The Morgan fingerprint density at radius 1 is 1.50 bits per heavy atom. The van der Waals surface area contributed by atoms with E-state index in [4.69, 9.17) is 0 Å². The molecule has 1 unspecified atom stereocenters. The van der Waals surface area contributed by atoms with Crippen LogP contribution in [-0.2, 0) is 6.42 Å². The van der Waals surface area contributed by atoms with Gasteiger partial charge in [-0.2, -0.15) is 0 Å². The van der Waals surface area contributed by atoms with Crippen molar-refractivity contribution in [3.63, 3.8) is 0 Å². The van der Waals surface area contributed by atoms with Gasteiger partial charge in [-0.05, 0) is 25.0 Å². The van der Waals surface area contributed by atoms with E-state index in [0.29, 0.717) is 18.4 Å². The van der Waals surface area contributed by atoms with Crippen molar-refractivity contribution in [1.82, 2.24) is 0 Å². The Balaban J connectivity index is 2.78. The van der Waals surface area contributed by atoms with Crippen molar-refractivity contribution in [2.24, 2.45) is 0 Å². The Hall–Kier alpha value is -1.15. The smallest absolute Gasteiger partial charge is 0.126 e. The van der Waals surface area contributed by atoms with Crippen LogP contribution in [0.15, 0.2) is 36.9 Å². The van der Waals surface area contributed by atoms with Gasteiger partial charge in [-0.25, -0.2) is 4.39 Å². The second kappa shape index (κ2) is 4.38. The van der Waals surface area contributed by atoms with Gasteiger partial charge in [-0.3, -0.25) is 0 Å². The van der Waals surface area contributed by atoms with Crippen LogP contribution >= 0.6 is 0 Å². The highest BCUT2D eigenvalue weighted by atomic mass is 19.1. The molecule has 0 spiro atoms. The van der Waals surface area contributed by atoms with Crippen molar-refractivity contribution in [1.29, 1.82) is 0 Å². The molecule has 1 aromatic rings. The van der Waals surface area contributed by atoms with E-state index >= 15 is 0 Å². The first-order chi connectivity index (χ1) is 6.55. The van der Waals surface area contributed by atoms with Crippen LogP contribution in [0, 0.1) is 5.82 Å². The van der Waals surface area contributed by atoms with Gasteiger partial charge in [-0.1, -0.05) is 24.3 Å². The quantitative estimate of drug-likeness (QED) is 0.731. The molecule has 0 fully saturated rings. The number of hydrogen-bond donors (Lipinski definition) is 1. The zero-order chi connectivity index (χ0) is 10.6. The van der Waals surface area contributed by atoms with E-state index in [0.717, 1.165) is 0 Å². The molecular weight excluding hydrogens is 179 g/mol. The first-order valence-electron chi connectivity index (χ1n) is 4.62. The average Bonchev–Trinajstić information content (AvgIpc) is 2.08. The Morgan fingerprint density at radius 2 is 2.14 bits per heavy atom. The summed E-state index contributed by atoms with van der Waals surface area (Å²) in [7, 11) is 0. The molecule has 0 amide bonds. The standard InChI is InChI=1S/C12H15FO/c1-3-8-12(2,14)9-10-6-4-5-7-11(10)13/h3-7,14H,1,8-9H2,2H3. The zero-order valence-electron chi connectivity index (χ0n) is 8.33. The number of aliphatic hydroxyl groups is 1. The lowest BCUT2D eigenvalue weighted by atomic mass is 9.93. The summed E-state index contributed by atoms with van der Waals surface area (Å²) in [6.07, 6.45) is 2.41. The number of hydrogen-bond acceptors (Lipinski definition) is 1. The van der Waals surface area contributed by atoms with Crippen molar-refractivity contribution in [3.8, 4) is 0 Å². The highest BCUT2D eigenvalue weighted by Gasteiger charge is 2.20. The van der Waals surface area contributed by atoms with Gasteiger partial charge in [0.25, 0.3) is 0 Å². The molecule has 1 N–H and O–H groups in total. The Morgan fingerprint density at radius 3 is 2.71 bits per heavy atom. The van der Waals surface area contributed by atoms with Crippen molar-refractivity contribution in [3.05, 3.63) is 48.3 Å². The highest BCUT2D eigenvalue weighted by Crippen LogP contribution is 2.19. The summed E-state index contributed by atoms with van der Waals surface area (Å²) >= 11 is 0. The molecule has 0 saturated carbocycles. The fraction of sp³-hybridized carbons (Fsp3) is 0.333. The van der Waals surface area contributed by atoms with E-state index < -0.39 is 5.60 Å². The summed E-state index contributed by atoms with van der Waals surface area (Å²) in [6.45, 7) is 5.24. The normalized spacial score (nSPS) is 14.8. The molecule has 0 aliphatic rings. The molecule has 2 heteroatoms. The van der Waals surface area contributed by atoms with Crippen molar-refractivity contribution < 1.29 is 9.50 Å². The average molecular weight is 194 g/mol. The van der Waals surface area contributed by atoms with Crippen LogP contribution in [-0.4, -0.2) is 10.7 Å². The maximum Gasteiger partial charge on any atom is 0.126 e. The van der Waals surface area contributed by atoms with Crippen molar-refractivity contribution in [2.75, 3.05) is 0 Å². The topological polar surface area (TPSA) is 20.2 Å². The van der Waals surface area contributed by atoms with E-state index in [1.165, 1.54) is 6.07 Å². The minimum Gasteiger partial charge on any atom is -0.390 e. The first kappa shape index (κ1) is 10.9. The summed E-state index contributed by atoms with van der Waals surface area (Å²) in [4.78, 5) is 0. The van der Waals surface area contributed by atoms with Crippen LogP contribution in [0.1, 0.15) is 18.9 Å². The maximum atomic E-state index is 13.2. The third-order valence-corrected chi connectivity index (χ3v) is 2.11. The molecule has 14 heavy (non-hydrogen) atoms. The zero-order valence-corrected chi connectivity index (χ0v) is 8.33. The monoisotopic (exact) mass is 194 g/mol. The van der Waals surface area contributed by atoms with Gasteiger partial charge in [0, 0.05) is 6.42 Å². The fourth-order valence-electron chi connectivity index (χ4n) is 1.44. The molecule has 1 rings (SSSR count). The van der Waals surface area contributed by atoms with Gasteiger partial charge in [0.15, 0.2) is 0 Å². The van der Waals surface area contributed by atoms with Crippen LogP contribution in [0.2, 0.25) is 0 Å². The lowest BCUT2D eigenvalue weighted by Crippen LogP contribution is -2.26. The molecule has 1 aromatic carbocycles. The largest absolute Gasteiger partial charge is 0.390 e. The third kappa shape index (κ3) is 2.96. The molecule has 0 bridgehead atoms. The lowest BCUT2D eigenvalue weighted by molar-refractivity contribution is 0.0628. The SMILES string of the molecule is C=CCC(C)(O)Cc1ccccc1F. The maximum absolute atomic E-state index is 13.2. The Labute approximate surface area is 83.9 Å². The van der Waals surface area contributed by atoms with Crippen LogP contribution in [0.25, 0.3) is 0 Å². The van der Waals surface area contributed by atoms with Crippen LogP contribution < -0.4 is 0 Å². The summed E-state index contributed by atoms with van der Waals surface area (Å²) < 4.78 is 13.2. The van der Waals surface area contributed by atoms with Crippen LogP contribution in [0.4, 0.5) is 4.39 Å². The summed E-state index contributed by atoms with van der Waals surface area (Å²) in [5.41, 5.74) is -0.372. The van der Waals surface area contributed by atoms with Crippen molar-refractivity contribution in [2.45, 2.75) is 25.4 Å². The minimum absolute atomic E-state index is 0.267. The minimum atomic E-state index is -0.913. The predicted molar refractivity (Wildman–Crippen MR) is 55.5 cm³/mol. The van der Waals surface area contributed by atoms with E-state index in [1.54, 1.807) is 31.2 Å². The van der Waals surface area contributed by atoms with Gasteiger partial charge < -0.3 is 5.11 Å². The van der Waals surface area contributed by atoms with Gasteiger partial charge >= 0.3 is 0 Å². The Kier molecular flexibility index (Phi) is 3.42. The van der Waals surface area contributed by atoms with Crippen molar-refractivity contribution >= 4 is 0 Å². The Bertz CT molecular complexity index is 318. The molecule has 1 nitrogen and oxygen atoms in total. The second-order valence-corrected chi connectivity index (χ2v) is 3.76. The number of rotatable bonds is 4. The number of halogens is 1. The molecule has 0 saturated heterocycles. The molecular formula is C12H15FO. The fourth-order valence-corrected chi connectivity index (χ4v) is 1.44. The van der Waals surface area contributed by atoms with E-state index in [-0.39, 0.29) is 5.82 Å². The van der Waals surface area contributed by atoms with E-state index in [1.807, 2.05) is 0 Å². The molecule has 0 aliphatic carbocycles. The molecule has 76 valence electrons. The molecule has 1 atom stereocenters.